The SMILES string of the molecule is Cc1ccc(CC(=O)OCC(=O)N[C@H](C)c2ccc(C)c(C)c2)cc1C. The second-order valence-electron chi connectivity index (χ2n) is 6.89. The van der Waals surface area contributed by atoms with Crippen LogP contribution in [0.1, 0.15) is 46.3 Å². The predicted octanol–water partition coefficient (Wildman–Crippen LogP) is 3.88. The van der Waals surface area contributed by atoms with Gasteiger partial charge in [0.05, 0.1) is 12.5 Å². The fourth-order valence-electron chi connectivity index (χ4n) is 2.68. The molecule has 1 N–H and O–H groups in total. The smallest absolute Gasteiger partial charge is 0.310 e. The summed E-state index contributed by atoms with van der Waals surface area (Å²) in [5.41, 5.74) is 6.64. The van der Waals surface area contributed by atoms with Crippen LogP contribution in [0.4, 0.5) is 0 Å². The fourth-order valence-corrected chi connectivity index (χ4v) is 2.68. The minimum absolute atomic E-state index is 0.139. The van der Waals surface area contributed by atoms with Crippen molar-refractivity contribution in [3.05, 3.63) is 69.8 Å². The van der Waals surface area contributed by atoms with Gasteiger partial charge in [0, 0.05) is 0 Å². The molecule has 0 saturated heterocycles. The molecule has 2 aromatic carbocycles. The lowest BCUT2D eigenvalue weighted by atomic mass is 10.0. The molecule has 4 heteroatoms. The molecule has 0 aromatic heterocycles. The van der Waals surface area contributed by atoms with Crippen molar-refractivity contribution >= 4 is 11.9 Å². The zero-order valence-corrected chi connectivity index (χ0v) is 16.2. The highest BCUT2D eigenvalue weighted by atomic mass is 16.5. The monoisotopic (exact) mass is 353 g/mol. The highest BCUT2D eigenvalue weighted by molar-refractivity contribution is 5.81. The third kappa shape index (κ3) is 5.45. The molecule has 0 heterocycles. The zero-order valence-electron chi connectivity index (χ0n) is 16.2. The maximum Gasteiger partial charge on any atom is 0.310 e. The van der Waals surface area contributed by atoms with Crippen LogP contribution in [0.3, 0.4) is 0 Å². The Morgan fingerprint density at radius 3 is 2.15 bits per heavy atom. The average Bonchev–Trinajstić information content (AvgIpc) is 2.58. The molecular formula is C22H27NO3. The van der Waals surface area contributed by atoms with Crippen molar-refractivity contribution in [3.8, 4) is 0 Å². The average molecular weight is 353 g/mol. The summed E-state index contributed by atoms with van der Waals surface area (Å²) in [6, 6.07) is 11.8. The van der Waals surface area contributed by atoms with E-state index in [1.165, 1.54) is 16.7 Å². The van der Waals surface area contributed by atoms with Gasteiger partial charge in [-0.2, -0.15) is 0 Å². The van der Waals surface area contributed by atoms with Gasteiger partial charge in [0.1, 0.15) is 0 Å². The summed E-state index contributed by atoms with van der Waals surface area (Å²) in [4.78, 5) is 24.0. The lowest BCUT2D eigenvalue weighted by Gasteiger charge is -2.16. The topological polar surface area (TPSA) is 55.4 Å². The molecule has 26 heavy (non-hydrogen) atoms. The number of rotatable bonds is 6. The van der Waals surface area contributed by atoms with E-state index in [1.807, 2.05) is 58.0 Å². The summed E-state index contributed by atoms with van der Waals surface area (Å²) in [6.07, 6.45) is 0.168. The van der Waals surface area contributed by atoms with Crippen molar-refractivity contribution in [1.29, 1.82) is 0 Å². The number of carbonyl (C=O) groups excluding carboxylic acids is 2. The Balaban J connectivity index is 1.82. The molecule has 1 amide bonds. The fraction of sp³-hybridized carbons (Fsp3) is 0.364. The van der Waals surface area contributed by atoms with E-state index in [4.69, 9.17) is 4.74 Å². The van der Waals surface area contributed by atoms with E-state index in [0.717, 1.165) is 16.7 Å². The van der Waals surface area contributed by atoms with Crippen molar-refractivity contribution < 1.29 is 14.3 Å². The number of esters is 1. The highest BCUT2D eigenvalue weighted by Gasteiger charge is 2.13. The minimum Gasteiger partial charge on any atom is -0.455 e. The first-order chi connectivity index (χ1) is 12.3. The van der Waals surface area contributed by atoms with Crippen LogP contribution in [0.2, 0.25) is 0 Å². The Kier molecular flexibility index (Phi) is 6.56. The third-order valence-corrected chi connectivity index (χ3v) is 4.69. The van der Waals surface area contributed by atoms with Crippen molar-refractivity contribution in [1.82, 2.24) is 5.32 Å². The van der Waals surface area contributed by atoms with Crippen LogP contribution in [-0.2, 0) is 20.7 Å². The Bertz CT molecular complexity index is 811. The second-order valence-corrected chi connectivity index (χ2v) is 6.89. The first kappa shape index (κ1) is 19.7. The van der Waals surface area contributed by atoms with E-state index in [-0.39, 0.29) is 25.0 Å². The van der Waals surface area contributed by atoms with Gasteiger partial charge in [-0.15, -0.1) is 0 Å². The Morgan fingerprint density at radius 1 is 0.923 bits per heavy atom. The van der Waals surface area contributed by atoms with Gasteiger partial charge in [0.25, 0.3) is 5.91 Å². The van der Waals surface area contributed by atoms with E-state index in [2.05, 4.69) is 18.3 Å². The maximum absolute atomic E-state index is 12.0. The van der Waals surface area contributed by atoms with Gasteiger partial charge in [-0.1, -0.05) is 36.4 Å². The lowest BCUT2D eigenvalue weighted by molar-refractivity contribution is -0.148. The highest BCUT2D eigenvalue weighted by Crippen LogP contribution is 2.16. The first-order valence-corrected chi connectivity index (χ1v) is 8.84. The van der Waals surface area contributed by atoms with Crippen molar-refractivity contribution in [2.24, 2.45) is 0 Å². The molecule has 0 fully saturated rings. The predicted molar refractivity (Wildman–Crippen MR) is 103 cm³/mol. The molecule has 2 aromatic rings. The number of nitrogens with one attached hydrogen (secondary N) is 1. The minimum atomic E-state index is -0.401. The summed E-state index contributed by atoms with van der Waals surface area (Å²) in [6.45, 7) is 9.78. The Morgan fingerprint density at radius 2 is 1.54 bits per heavy atom. The number of hydrogen-bond acceptors (Lipinski definition) is 3. The van der Waals surface area contributed by atoms with Crippen LogP contribution in [0.5, 0.6) is 0 Å². The van der Waals surface area contributed by atoms with E-state index in [0.29, 0.717) is 0 Å². The van der Waals surface area contributed by atoms with Crippen LogP contribution in [0, 0.1) is 27.7 Å². The summed E-state index contributed by atoms with van der Waals surface area (Å²) in [7, 11) is 0. The molecule has 138 valence electrons. The van der Waals surface area contributed by atoms with Crippen LogP contribution in [0.25, 0.3) is 0 Å². The van der Waals surface area contributed by atoms with E-state index in [9.17, 15) is 9.59 Å². The number of amides is 1. The van der Waals surface area contributed by atoms with E-state index in [1.54, 1.807) is 0 Å². The third-order valence-electron chi connectivity index (χ3n) is 4.69. The molecule has 0 radical (unpaired) electrons. The van der Waals surface area contributed by atoms with Gasteiger partial charge in [0.15, 0.2) is 6.61 Å². The van der Waals surface area contributed by atoms with Crippen molar-refractivity contribution in [2.75, 3.05) is 6.61 Å². The number of carbonyl (C=O) groups is 2. The van der Waals surface area contributed by atoms with Crippen molar-refractivity contribution in [2.45, 2.75) is 47.1 Å². The number of benzene rings is 2. The molecule has 2 rings (SSSR count). The van der Waals surface area contributed by atoms with Crippen LogP contribution in [-0.4, -0.2) is 18.5 Å². The molecule has 0 unspecified atom stereocenters. The number of ether oxygens (including phenoxy) is 1. The summed E-state index contributed by atoms with van der Waals surface area (Å²) in [5.74, 6) is -0.702. The molecule has 0 aliphatic heterocycles. The van der Waals surface area contributed by atoms with Gasteiger partial charge in [0.2, 0.25) is 0 Å². The molecule has 0 spiro atoms. The second kappa shape index (κ2) is 8.65. The first-order valence-electron chi connectivity index (χ1n) is 8.84. The molecule has 1 atom stereocenters. The maximum atomic E-state index is 12.0. The molecule has 0 aliphatic carbocycles. The van der Waals surface area contributed by atoms with Crippen LogP contribution in [0.15, 0.2) is 36.4 Å². The number of aryl methyl sites for hydroxylation is 4. The summed E-state index contributed by atoms with van der Waals surface area (Å²) >= 11 is 0. The zero-order chi connectivity index (χ0) is 19.3. The molecule has 4 nitrogen and oxygen atoms in total. The lowest BCUT2D eigenvalue weighted by Crippen LogP contribution is -2.31. The van der Waals surface area contributed by atoms with Gasteiger partial charge in [-0.25, -0.2) is 0 Å². The van der Waals surface area contributed by atoms with E-state index >= 15 is 0 Å². The quantitative estimate of drug-likeness (QED) is 0.802. The Hall–Kier alpha value is -2.62. The normalized spacial score (nSPS) is 11.7. The summed E-state index contributed by atoms with van der Waals surface area (Å²) < 4.78 is 5.11. The summed E-state index contributed by atoms with van der Waals surface area (Å²) in [5, 5.41) is 2.86. The van der Waals surface area contributed by atoms with Gasteiger partial charge in [-0.05, 0) is 68.0 Å². The number of hydrogen-bond donors (Lipinski definition) is 1. The van der Waals surface area contributed by atoms with Gasteiger partial charge < -0.3 is 10.1 Å². The largest absolute Gasteiger partial charge is 0.455 e. The molecular weight excluding hydrogens is 326 g/mol. The van der Waals surface area contributed by atoms with Crippen LogP contribution >= 0.6 is 0 Å². The van der Waals surface area contributed by atoms with Crippen LogP contribution < -0.4 is 5.32 Å². The van der Waals surface area contributed by atoms with Gasteiger partial charge >= 0.3 is 5.97 Å². The standard InChI is InChI=1S/C22H27NO3/c1-14-6-8-19(10-16(14)3)12-22(25)26-13-21(24)23-18(5)20-9-7-15(2)17(4)11-20/h6-11,18H,12-13H2,1-5H3,(H,23,24)/t18-/m1/s1. The Labute approximate surface area is 155 Å². The van der Waals surface area contributed by atoms with Gasteiger partial charge in [-0.3, -0.25) is 9.59 Å². The molecule has 0 bridgehead atoms. The van der Waals surface area contributed by atoms with E-state index < -0.39 is 5.97 Å². The molecule has 0 aliphatic rings. The molecule has 0 saturated carbocycles. The van der Waals surface area contributed by atoms with Crippen molar-refractivity contribution in [3.63, 3.8) is 0 Å².